The summed E-state index contributed by atoms with van der Waals surface area (Å²) in [5, 5.41) is 2.33. The highest BCUT2D eigenvalue weighted by Gasteiger charge is 2.25. The average Bonchev–Trinajstić information content (AvgIpc) is 3.04. The van der Waals surface area contributed by atoms with E-state index in [1.165, 1.54) is 20.7 Å². The Kier molecular flexibility index (Phi) is 7.32. The van der Waals surface area contributed by atoms with Gasteiger partial charge >= 0.3 is 6.09 Å². The molecule has 0 radical (unpaired) electrons. The van der Waals surface area contributed by atoms with Crippen LogP contribution in [0.25, 0.3) is 10.8 Å². The summed E-state index contributed by atoms with van der Waals surface area (Å²) in [5.74, 6) is 0.986. The molecule has 0 spiro atoms. The summed E-state index contributed by atoms with van der Waals surface area (Å²) in [6.45, 7) is 15.4. The Balaban J connectivity index is 1.58. The van der Waals surface area contributed by atoms with Crippen molar-refractivity contribution in [2.24, 2.45) is 0 Å². The van der Waals surface area contributed by atoms with E-state index in [1.54, 1.807) is 0 Å². The van der Waals surface area contributed by atoms with Crippen molar-refractivity contribution in [2.45, 2.75) is 68.8 Å². The Morgan fingerprint density at radius 3 is 2.46 bits per heavy atom. The number of benzene rings is 2. The third-order valence-corrected chi connectivity index (χ3v) is 7.15. The fourth-order valence-corrected chi connectivity index (χ4v) is 5.59. The molecule has 1 aliphatic heterocycles. The summed E-state index contributed by atoms with van der Waals surface area (Å²) in [4.78, 5) is 24.0. The first-order chi connectivity index (χ1) is 16.5. The molecule has 186 valence electrons. The molecule has 0 unspecified atom stereocenters. The third-order valence-electron chi connectivity index (χ3n) is 6.09. The third kappa shape index (κ3) is 6.29. The number of carbonyl (C=O) groups is 1. The van der Waals surface area contributed by atoms with E-state index in [0.29, 0.717) is 13.1 Å². The van der Waals surface area contributed by atoms with Gasteiger partial charge in [-0.05, 0) is 67.8 Å². The van der Waals surface area contributed by atoms with Gasteiger partial charge in [-0.15, -0.1) is 0 Å². The minimum Gasteiger partial charge on any atom is -0.444 e. The Hall–Kier alpha value is -2.73. The number of nitrogens with zero attached hydrogens (tertiary/aromatic N) is 3. The minimum atomic E-state index is -0.486. The van der Waals surface area contributed by atoms with Crippen molar-refractivity contribution >= 4 is 34.4 Å². The van der Waals surface area contributed by atoms with Crippen LogP contribution < -0.4 is 4.90 Å². The molecule has 2 heterocycles. The quantitative estimate of drug-likeness (QED) is 0.390. The lowest BCUT2D eigenvalue weighted by Crippen LogP contribution is -2.39. The fraction of sp³-hybridized carbons (Fsp3) is 0.448. The molecule has 6 heteroatoms. The van der Waals surface area contributed by atoms with Gasteiger partial charge in [0.25, 0.3) is 0 Å². The standard InChI is InChI=1S/C29H37N3O2S/c1-28(2,3)24-10-7-8-11-25(24)35-22-13-12-21-14-15-30-26(23(21)20-22)31-16-9-17-32(19-18-31)27(33)34-29(4,5)6/h7-8,10-15,20H,9,16-19H2,1-6H3. The second-order valence-corrected chi connectivity index (χ2v) is 12.3. The molecule has 0 N–H and O–H groups in total. The molecule has 1 fully saturated rings. The molecule has 3 aromatic rings. The normalized spacial score (nSPS) is 15.3. The summed E-state index contributed by atoms with van der Waals surface area (Å²) in [7, 11) is 0. The minimum absolute atomic E-state index is 0.0826. The van der Waals surface area contributed by atoms with E-state index in [1.807, 2.05) is 43.6 Å². The molecular formula is C29H37N3O2S. The van der Waals surface area contributed by atoms with E-state index in [0.717, 1.165) is 30.7 Å². The van der Waals surface area contributed by atoms with Gasteiger partial charge in [0.15, 0.2) is 0 Å². The van der Waals surface area contributed by atoms with Gasteiger partial charge in [0.05, 0.1) is 0 Å². The van der Waals surface area contributed by atoms with Gasteiger partial charge < -0.3 is 14.5 Å². The van der Waals surface area contributed by atoms with Crippen LogP contribution in [0.1, 0.15) is 53.5 Å². The van der Waals surface area contributed by atoms with E-state index < -0.39 is 5.60 Å². The number of fused-ring (bicyclic) bond motifs is 1. The van der Waals surface area contributed by atoms with Crippen molar-refractivity contribution in [3.05, 3.63) is 60.3 Å². The zero-order valence-electron chi connectivity index (χ0n) is 21.8. The summed E-state index contributed by atoms with van der Waals surface area (Å²) < 4.78 is 5.60. The van der Waals surface area contributed by atoms with Crippen LogP contribution in [0, 0.1) is 0 Å². The molecule has 1 amide bonds. The molecule has 1 saturated heterocycles. The van der Waals surface area contributed by atoms with Crippen LogP contribution >= 0.6 is 11.8 Å². The van der Waals surface area contributed by atoms with Crippen molar-refractivity contribution in [3.8, 4) is 0 Å². The highest BCUT2D eigenvalue weighted by molar-refractivity contribution is 7.99. The molecule has 0 aliphatic carbocycles. The van der Waals surface area contributed by atoms with E-state index in [2.05, 4.69) is 74.2 Å². The monoisotopic (exact) mass is 491 g/mol. The number of anilines is 1. The predicted octanol–water partition coefficient (Wildman–Crippen LogP) is 7.13. The van der Waals surface area contributed by atoms with E-state index in [-0.39, 0.29) is 11.5 Å². The van der Waals surface area contributed by atoms with Gasteiger partial charge in [-0.1, -0.05) is 56.8 Å². The zero-order valence-corrected chi connectivity index (χ0v) is 22.6. The maximum absolute atomic E-state index is 12.6. The van der Waals surface area contributed by atoms with E-state index >= 15 is 0 Å². The molecule has 1 aliphatic rings. The van der Waals surface area contributed by atoms with Crippen molar-refractivity contribution in [1.82, 2.24) is 9.88 Å². The molecular weight excluding hydrogens is 454 g/mol. The number of rotatable bonds is 3. The summed E-state index contributed by atoms with van der Waals surface area (Å²) in [6.07, 6.45) is 2.53. The van der Waals surface area contributed by atoms with Crippen LogP contribution in [0.4, 0.5) is 10.6 Å². The van der Waals surface area contributed by atoms with Crippen molar-refractivity contribution < 1.29 is 9.53 Å². The number of carbonyl (C=O) groups excluding carboxylic acids is 1. The van der Waals surface area contributed by atoms with Gasteiger partial charge in [0, 0.05) is 47.6 Å². The lowest BCUT2D eigenvalue weighted by atomic mass is 9.87. The smallest absolute Gasteiger partial charge is 0.410 e. The summed E-state index contributed by atoms with van der Waals surface area (Å²) in [5.41, 5.74) is 0.949. The van der Waals surface area contributed by atoms with Gasteiger partial charge in [0.1, 0.15) is 11.4 Å². The van der Waals surface area contributed by atoms with Crippen LogP contribution in [0.5, 0.6) is 0 Å². The predicted molar refractivity (Wildman–Crippen MR) is 146 cm³/mol. The van der Waals surface area contributed by atoms with Crippen molar-refractivity contribution in [3.63, 3.8) is 0 Å². The first-order valence-corrected chi connectivity index (χ1v) is 13.2. The molecule has 35 heavy (non-hydrogen) atoms. The highest BCUT2D eigenvalue weighted by Crippen LogP contribution is 2.38. The number of hydrogen-bond donors (Lipinski definition) is 0. The topological polar surface area (TPSA) is 45.7 Å². The van der Waals surface area contributed by atoms with Crippen LogP contribution in [0.3, 0.4) is 0 Å². The Morgan fingerprint density at radius 2 is 1.71 bits per heavy atom. The van der Waals surface area contributed by atoms with Gasteiger partial charge in [-0.3, -0.25) is 0 Å². The second-order valence-electron chi connectivity index (χ2n) is 11.2. The fourth-order valence-electron chi connectivity index (χ4n) is 4.39. The lowest BCUT2D eigenvalue weighted by Gasteiger charge is -2.27. The van der Waals surface area contributed by atoms with Gasteiger partial charge in [-0.25, -0.2) is 9.78 Å². The number of pyridine rings is 1. The Bertz CT molecular complexity index is 1200. The summed E-state index contributed by atoms with van der Waals surface area (Å²) >= 11 is 1.81. The van der Waals surface area contributed by atoms with E-state index in [9.17, 15) is 4.79 Å². The maximum Gasteiger partial charge on any atom is 0.410 e. The molecule has 1 aromatic heterocycles. The average molecular weight is 492 g/mol. The summed E-state index contributed by atoms with van der Waals surface area (Å²) in [6, 6.07) is 17.4. The Morgan fingerprint density at radius 1 is 0.943 bits per heavy atom. The SMILES string of the molecule is CC(C)(C)OC(=O)N1CCCN(c2nccc3ccc(Sc4ccccc4C(C)(C)C)cc23)CC1. The van der Waals surface area contributed by atoms with E-state index in [4.69, 9.17) is 9.72 Å². The largest absolute Gasteiger partial charge is 0.444 e. The molecule has 4 rings (SSSR count). The van der Waals surface area contributed by atoms with Crippen LogP contribution in [0.2, 0.25) is 0 Å². The molecule has 5 nitrogen and oxygen atoms in total. The first-order valence-electron chi connectivity index (χ1n) is 12.4. The second kappa shape index (κ2) is 10.1. The number of amides is 1. The van der Waals surface area contributed by atoms with Gasteiger partial charge in [-0.2, -0.15) is 0 Å². The van der Waals surface area contributed by atoms with Crippen LogP contribution in [-0.2, 0) is 10.2 Å². The first kappa shape index (κ1) is 25.4. The van der Waals surface area contributed by atoms with Crippen LogP contribution in [0.15, 0.2) is 64.5 Å². The molecule has 2 aromatic carbocycles. The number of hydrogen-bond acceptors (Lipinski definition) is 5. The van der Waals surface area contributed by atoms with Crippen molar-refractivity contribution in [1.29, 1.82) is 0 Å². The van der Waals surface area contributed by atoms with Crippen LogP contribution in [-0.4, -0.2) is 47.8 Å². The van der Waals surface area contributed by atoms with Gasteiger partial charge in [0.2, 0.25) is 0 Å². The number of aromatic nitrogens is 1. The van der Waals surface area contributed by atoms with Crippen molar-refractivity contribution in [2.75, 3.05) is 31.1 Å². The lowest BCUT2D eigenvalue weighted by molar-refractivity contribution is 0.0263. The number of ether oxygens (including phenoxy) is 1. The Labute approximate surface area is 213 Å². The molecule has 0 bridgehead atoms. The maximum atomic E-state index is 12.6. The molecule has 0 saturated carbocycles. The highest BCUT2D eigenvalue weighted by atomic mass is 32.2. The zero-order chi connectivity index (χ0) is 25.2. The molecule has 0 atom stereocenters.